The molecule has 0 saturated carbocycles. The van der Waals surface area contributed by atoms with E-state index in [1.165, 1.54) is 0 Å². The average molecular weight is 187 g/mol. The molecular weight excluding hydrogens is 166 g/mol. The molecule has 72 valence electrons. The summed E-state index contributed by atoms with van der Waals surface area (Å²) in [6.45, 7) is 12.5. The molecule has 0 aliphatic carbocycles. The van der Waals surface area contributed by atoms with E-state index in [1.54, 1.807) is 6.92 Å². The van der Waals surface area contributed by atoms with Crippen LogP contribution in [0, 0.1) is 0 Å². The van der Waals surface area contributed by atoms with Crippen LogP contribution >= 0.6 is 0 Å². The fourth-order valence-corrected chi connectivity index (χ4v) is 3.11. The zero-order chi connectivity index (χ0) is 9.94. The number of nitrogens with zero attached hydrogens (tertiary/aromatic N) is 1. The van der Waals surface area contributed by atoms with Gasteiger partial charge < -0.3 is 5.11 Å². The summed E-state index contributed by atoms with van der Waals surface area (Å²) in [5.41, 5.74) is 0. The topological polar surface area (TPSA) is 32.6 Å². The highest BCUT2D eigenvalue weighted by molar-refractivity contribution is 7.04. The predicted molar refractivity (Wildman–Crippen MR) is 57.6 cm³/mol. The van der Waals surface area contributed by atoms with Crippen molar-refractivity contribution in [2.75, 3.05) is 0 Å². The Morgan fingerprint density at radius 3 is 1.67 bits per heavy atom. The molecule has 0 aromatic heterocycles. The molecule has 0 aliphatic heterocycles. The number of hydrogen-bond acceptors (Lipinski definition) is 2. The number of aliphatic hydroxyl groups is 1. The second kappa shape index (κ2) is 4.19. The van der Waals surface area contributed by atoms with Gasteiger partial charge in [0.2, 0.25) is 0 Å². The molecule has 1 N–H and O–H groups in total. The fourth-order valence-electron chi connectivity index (χ4n) is 1.21. The van der Waals surface area contributed by atoms with Crippen LogP contribution in [0.2, 0.25) is 19.6 Å². The van der Waals surface area contributed by atoms with Crippen LogP contribution in [0.5, 0.6) is 0 Å². The number of aliphatic hydroxyl groups excluding tert-OH is 1. The fraction of sp³-hybridized carbons (Fsp3) is 0.889. The molecule has 0 rings (SSSR count). The summed E-state index contributed by atoms with van der Waals surface area (Å²) in [5, 5.41) is 10.5. The maximum atomic E-state index is 9.50. The standard InChI is InChI=1S/C9H21NOSi/c1-7(2)10-9(8(3)11)12(4,5)6/h7-8,11H,1-6H3. The van der Waals surface area contributed by atoms with Crippen molar-refractivity contribution >= 4 is 13.4 Å². The van der Waals surface area contributed by atoms with Gasteiger partial charge in [0.15, 0.2) is 0 Å². The molecule has 0 fully saturated rings. The lowest BCUT2D eigenvalue weighted by atomic mass is 10.4. The molecule has 0 saturated heterocycles. The lowest BCUT2D eigenvalue weighted by molar-refractivity contribution is 0.263. The minimum absolute atomic E-state index is 0.293. The van der Waals surface area contributed by atoms with E-state index in [1.807, 2.05) is 13.8 Å². The van der Waals surface area contributed by atoms with Crippen LogP contribution < -0.4 is 0 Å². The van der Waals surface area contributed by atoms with Crippen molar-refractivity contribution in [1.29, 1.82) is 0 Å². The maximum absolute atomic E-state index is 9.50. The molecule has 0 bridgehead atoms. The normalized spacial score (nSPS) is 16.8. The van der Waals surface area contributed by atoms with Gasteiger partial charge in [0.05, 0.1) is 14.2 Å². The zero-order valence-electron chi connectivity index (χ0n) is 9.05. The first-order chi connectivity index (χ1) is 5.25. The molecule has 0 radical (unpaired) electrons. The van der Waals surface area contributed by atoms with E-state index >= 15 is 0 Å². The maximum Gasteiger partial charge on any atom is 0.0988 e. The summed E-state index contributed by atoms with van der Waals surface area (Å²) in [7, 11) is -1.41. The summed E-state index contributed by atoms with van der Waals surface area (Å²) in [6.07, 6.45) is -0.376. The van der Waals surface area contributed by atoms with Gasteiger partial charge in [-0.15, -0.1) is 0 Å². The minimum Gasteiger partial charge on any atom is -0.388 e. The summed E-state index contributed by atoms with van der Waals surface area (Å²) in [6, 6.07) is 0.293. The molecule has 0 aromatic carbocycles. The first-order valence-electron chi connectivity index (χ1n) is 4.51. The van der Waals surface area contributed by atoms with Crippen molar-refractivity contribution in [3.63, 3.8) is 0 Å². The summed E-state index contributed by atoms with van der Waals surface area (Å²) >= 11 is 0. The molecule has 0 heterocycles. The number of hydrogen-bond donors (Lipinski definition) is 1. The molecule has 0 spiro atoms. The zero-order valence-corrected chi connectivity index (χ0v) is 10.0. The third-order valence-electron chi connectivity index (χ3n) is 1.56. The highest BCUT2D eigenvalue weighted by Crippen LogP contribution is 2.09. The second-order valence-corrected chi connectivity index (χ2v) is 9.55. The Labute approximate surface area is 76.7 Å². The van der Waals surface area contributed by atoms with E-state index in [9.17, 15) is 5.11 Å². The van der Waals surface area contributed by atoms with Gasteiger partial charge in [0.25, 0.3) is 0 Å². The third-order valence-corrected chi connectivity index (χ3v) is 3.65. The number of rotatable bonds is 3. The molecule has 3 heteroatoms. The highest BCUT2D eigenvalue weighted by atomic mass is 28.3. The first-order valence-corrected chi connectivity index (χ1v) is 8.01. The van der Waals surface area contributed by atoms with Gasteiger partial charge in [-0.1, -0.05) is 19.6 Å². The van der Waals surface area contributed by atoms with Crippen molar-refractivity contribution in [3.8, 4) is 0 Å². The highest BCUT2D eigenvalue weighted by Gasteiger charge is 2.25. The Balaban J connectivity index is 4.68. The van der Waals surface area contributed by atoms with Gasteiger partial charge in [-0.3, -0.25) is 4.99 Å². The smallest absolute Gasteiger partial charge is 0.0988 e. The van der Waals surface area contributed by atoms with Crippen molar-refractivity contribution in [2.45, 2.75) is 52.6 Å². The summed E-state index contributed by atoms with van der Waals surface area (Å²) < 4.78 is 0. The Morgan fingerprint density at radius 1 is 1.17 bits per heavy atom. The van der Waals surface area contributed by atoms with E-state index in [0.717, 1.165) is 5.33 Å². The van der Waals surface area contributed by atoms with Gasteiger partial charge in [-0.05, 0) is 20.8 Å². The molecule has 1 unspecified atom stereocenters. The lowest BCUT2D eigenvalue weighted by Crippen LogP contribution is -2.41. The van der Waals surface area contributed by atoms with Crippen LogP contribution in [0.3, 0.4) is 0 Å². The van der Waals surface area contributed by atoms with Crippen molar-refractivity contribution in [2.24, 2.45) is 4.99 Å². The third kappa shape index (κ3) is 4.02. The molecule has 0 amide bonds. The van der Waals surface area contributed by atoms with Gasteiger partial charge in [-0.2, -0.15) is 0 Å². The van der Waals surface area contributed by atoms with E-state index in [0.29, 0.717) is 6.04 Å². The van der Waals surface area contributed by atoms with Crippen LogP contribution in [0.25, 0.3) is 0 Å². The van der Waals surface area contributed by atoms with Crippen LogP contribution in [0.15, 0.2) is 4.99 Å². The minimum atomic E-state index is -1.41. The Bertz CT molecular complexity index is 168. The quantitative estimate of drug-likeness (QED) is 0.532. The number of aliphatic imine (C=N–C) groups is 1. The molecule has 2 nitrogen and oxygen atoms in total. The summed E-state index contributed by atoms with van der Waals surface area (Å²) in [4.78, 5) is 4.48. The molecule has 0 aromatic rings. The van der Waals surface area contributed by atoms with Gasteiger partial charge >= 0.3 is 0 Å². The Hall–Kier alpha value is -0.153. The Morgan fingerprint density at radius 2 is 1.58 bits per heavy atom. The molecule has 1 atom stereocenters. The SMILES string of the molecule is CC(C)N=C(C(C)O)[Si](C)(C)C. The van der Waals surface area contributed by atoms with E-state index in [2.05, 4.69) is 24.6 Å². The monoisotopic (exact) mass is 187 g/mol. The predicted octanol–water partition coefficient (Wildman–Crippen LogP) is 2.09. The second-order valence-electron chi connectivity index (χ2n) is 4.53. The van der Waals surface area contributed by atoms with Gasteiger partial charge in [-0.25, -0.2) is 0 Å². The van der Waals surface area contributed by atoms with Crippen molar-refractivity contribution in [3.05, 3.63) is 0 Å². The van der Waals surface area contributed by atoms with Crippen LogP contribution in [0.1, 0.15) is 20.8 Å². The van der Waals surface area contributed by atoms with Crippen LogP contribution in [-0.2, 0) is 0 Å². The van der Waals surface area contributed by atoms with Gasteiger partial charge in [0.1, 0.15) is 0 Å². The molecular formula is C9H21NOSi. The largest absolute Gasteiger partial charge is 0.388 e. The summed E-state index contributed by atoms with van der Waals surface area (Å²) in [5.74, 6) is 0. The average Bonchev–Trinajstić information content (AvgIpc) is 1.79. The van der Waals surface area contributed by atoms with Gasteiger partial charge in [0, 0.05) is 11.4 Å². The lowest BCUT2D eigenvalue weighted by Gasteiger charge is -2.22. The van der Waals surface area contributed by atoms with Crippen molar-refractivity contribution in [1.82, 2.24) is 0 Å². The van der Waals surface area contributed by atoms with Crippen LogP contribution in [0.4, 0.5) is 0 Å². The van der Waals surface area contributed by atoms with E-state index in [4.69, 9.17) is 0 Å². The van der Waals surface area contributed by atoms with E-state index < -0.39 is 8.07 Å². The van der Waals surface area contributed by atoms with Crippen LogP contribution in [-0.4, -0.2) is 30.7 Å². The molecule has 12 heavy (non-hydrogen) atoms. The Kier molecular flexibility index (Phi) is 4.13. The van der Waals surface area contributed by atoms with E-state index in [-0.39, 0.29) is 6.10 Å². The molecule has 0 aliphatic rings. The van der Waals surface area contributed by atoms with Crippen molar-refractivity contribution < 1.29 is 5.11 Å². The first kappa shape index (κ1) is 11.8.